The van der Waals surface area contributed by atoms with Gasteiger partial charge < -0.3 is 10.2 Å². The zero-order valence-electron chi connectivity index (χ0n) is 13.7. The van der Waals surface area contributed by atoms with E-state index in [0.29, 0.717) is 18.7 Å². The van der Waals surface area contributed by atoms with Crippen LogP contribution in [0.25, 0.3) is 0 Å². The van der Waals surface area contributed by atoms with Crippen LogP contribution in [-0.4, -0.2) is 36.1 Å². The molecule has 2 amide bonds. The molecular weight excluding hydrogens is 296 g/mol. The molecule has 22 heavy (non-hydrogen) atoms. The van der Waals surface area contributed by atoms with E-state index < -0.39 is 0 Å². The van der Waals surface area contributed by atoms with Crippen molar-refractivity contribution in [2.75, 3.05) is 19.3 Å². The molecule has 5 heteroatoms. The van der Waals surface area contributed by atoms with Crippen LogP contribution in [0, 0.1) is 0 Å². The van der Waals surface area contributed by atoms with Crippen molar-refractivity contribution >= 4 is 23.6 Å². The van der Waals surface area contributed by atoms with Crippen molar-refractivity contribution in [3.63, 3.8) is 0 Å². The lowest BCUT2D eigenvalue weighted by atomic mass is 9.86. The summed E-state index contributed by atoms with van der Waals surface area (Å²) in [6.07, 6.45) is 0.347. The highest BCUT2D eigenvalue weighted by atomic mass is 32.2. The Bertz CT molecular complexity index is 549. The van der Waals surface area contributed by atoms with E-state index in [9.17, 15) is 9.59 Å². The molecule has 1 N–H and O–H groups in total. The molecule has 0 bridgehead atoms. The number of thioether (sulfide) groups is 1. The van der Waals surface area contributed by atoms with Crippen LogP contribution >= 0.6 is 11.8 Å². The molecule has 0 aliphatic carbocycles. The topological polar surface area (TPSA) is 49.4 Å². The number of carbonyl (C=O) groups excluding carboxylic acids is 2. The lowest BCUT2D eigenvalue weighted by Gasteiger charge is -2.25. The number of rotatable bonds is 4. The van der Waals surface area contributed by atoms with Gasteiger partial charge in [-0.15, -0.1) is 11.8 Å². The van der Waals surface area contributed by atoms with E-state index in [1.807, 2.05) is 4.90 Å². The van der Waals surface area contributed by atoms with E-state index in [4.69, 9.17) is 0 Å². The minimum Gasteiger partial charge on any atom is -0.359 e. The molecule has 1 aromatic carbocycles. The minimum absolute atomic E-state index is 0.0196. The summed E-state index contributed by atoms with van der Waals surface area (Å²) in [4.78, 5) is 25.3. The number of hydrogen-bond donors (Lipinski definition) is 1. The van der Waals surface area contributed by atoms with E-state index in [-0.39, 0.29) is 22.6 Å². The van der Waals surface area contributed by atoms with Crippen molar-refractivity contribution in [3.05, 3.63) is 35.4 Å². The second-order valence-corrected chi connectivity index (χ2v) is 7.61. The highest BCUT2D eigenvalue weighted by Gasteiger charge is 2.32. The maximum absolute atomic E-state index is 12.1. The lowest BCUT2D eigenvalue weighted by molar-refractivity contribution is -0.129. The van der Waals surface area contributed by atoms with Gasteiger partial charge in [-0.3, -0.25) is 9.59 Å². The Morgan fingerprint density at radius 2 is 1.95 bits per heavy atom. The molecule has 1 aliphatic rings. The van der Waals surface area contributed by atoms with E-state index >= 15 is 0 Å². The fourth-order valence-electron chi connectivity index (χ4n) is 2.47. The molecule has 1 heterocycles. The van der Waals surface area contributed by atoms with E-state index in [1.165, 1.54) is 5.56 Å². The summed E-state index contributed by atoms with van der Waals surface area (Å²) in [7, 11) is 1.62. The van der Waals surface area contributed by atoms with Gasteiger partial charge in [0.15, 0.2) is 0 Å². The van der Waals surface area contributed by atoms with Crippen molar-refractivity contribution < 1.29 is 9.59 Å². The first-order valence-corrected chi connectivity index (χ1v) is 8.60. The van der Waals surface area contributed by atoms with Gasteiger partial charge in [0.05, 0.1) is 5.75 Å². The van der Waals surface area contributed by atoms with E-state index in [0.717, 1.165) is 5.56 Å². The number of nitrogens with one attached hydrogen (secondary N) is 1. The van der Waals surface area contributed by atoms with Crippen molar-refractivity contribution in [3.8, 4) is 0 Å². The Morgan fingerprint density at radius 3 is 2.50 bits per heavy atom. The van der Waals surface area contributed by atoms with Crippen LogP contribution in [0.4, 0.5) is 0 Å². The summed E-state index contributed by atoms with van der Waals surface area (Å²) in [6.45, 7) is 7.03. The molecule has 0 radical (unpaired) electrons. The second kappa shape index (κ2) is 6.73. The Kier molecular flexibility index (Phi) is 5.16. The molecule has 0 spiro atoms. The second-order valence-electron chi connectivity index (χ2n) is 6.55. The zero-order chi connectivity index (χ0) is 16.3. The van der Waals surface area contributed by atoms with Crippen molar-refractivity contribution in [2.45, 2.75) is 38.0 Å². The predicted molar refractivity (Wildman–Crippen MR) is 90.7 cm³/mol. The molecule has 1 saturated heterocycles. The number of amides is 2. The molecule has 1 atom stereocenters. The van der Waals surface area contributed by atoms with Gasteiger partial charge in [-0.05, 0) is 16.5 Å². The number of benzene rings is 1. The Hall–Kier alpha value is -1.49. The van der Waals surface area contributed by atoms with Crippen LogP contribution in [0.15, 0.2) is 24.3 Å². The fourth-order valence-corrected chi connectivity index (χ4v) is 3.69. The maximum atomic E-state index is 12.1. The predicted octanol–water partition coefficient (Wildman–Crippen LogP) is 2.69. The smallest absolute Gasteiger partial charge is 0.233 e. The minimum atomic E-state index is -0.0356. The SMILES string of the molecule is CNC(=O)CCN1C(=O)CS[C@H]1c1ccc(C(C)(C)C)cc1. The van der Waals surface area contributed by atoms with Gasteiger partial charge >= 0.3 is 0 Å². The van der Waals surface area contributed by atoms with Crippen molar-refractivity contribution in [1.29, 1.82) is 0 Å². The third-order valence-corrected chi connectivity index (χ3v) is 5.14. The van der Waals surface area contributed by atoms with Crippen LogP contribution in [-0.2, 0) is 15.0 Å². The average Bonchev–Trinajstić information content (AvgIpc) is 2.85. The van der Waals surface area contributed by atoms with Crippen LogP contribution in [0.3, 0.4) is 0 Å². The van der Waals surface area contributed by atoms with Crippen LogP contribution < -0.4 is 5.32 Å². The molecule has 4 nitrogen and oxygen atoms in total. The van der Waals surface area contributed by atoms with Gasteiger partial charge in [0, 0.05) is 20.0 Å². The highest BCUT2D eigenvalue weighted by molar-refractivity contribution is 8.00. The molecule has 1 fully saturated rings. The summed E-state index contributed by atoms with van der Waals surface area (Å²) >= 11 is 1.63. The van der Waals surface area contributed by atoms with Gasteiger partial charge in [-0.2, -0.15) is 0 Å². The summed E-state index contributed by atoms with van der Waals surface area (Å²) < 4.78 is 0. The first kappa shape index (κ1) is 16.9. The van der Waals surface area contributed by atoms with Crippen LogP contribution in [0.5, 0.6) is 0 Å². The number of hydrogen-bond acceptors (Lipinski definition) is 3. The molecule has 1 aromatic rings. The third kappa shape index (κ3) is 3.83. The molecule has 0 saturated carbocycles. The molecule has 120 valence electrons. The highest BCUT2D eigenvalue weighted by Crippen LogP contribution is 2.39. The van der Waals surface area contributed by atoms with E-state index in [1.54, 1.807) is 18.8 Å². The van der Waals surface area contributed by atoms with Gasteiger partial charge in [-0.25, -0.2) is 0 Å². The Morgan fingerprint density at radius 1 is 1.32 bits per heavy atom. The van der Waals surface area contributed by atoms with Crippen molar-refractivity contribution in [2.24, 2.45) is 0 Å². The fraction of sp³-hybridized carbons (Fsp3) is 0.529. The summed E-state index contributed by atoms with van der Waals surface area (Å²) in [5, 5.41) is 2.62. The number of nitrogens with zero attached hydrogens (tertiary/aromatic N) is 1. The summed E-state index contributed by atoms with van der Waals surface area (Å²) in [6, 6.07) is 8.47. The zero-order valence-corrected chi connectivity index (χ0v) is 14.5. The van der Waals surface area contributed by atoms with Gasteiger partial charge in [-0.1, -0.05) is 45.0 Å². The molecule has 2 rings (SSSR count). The normalized spacial score (nSPS) is 18.6. The maximum Gasteiger partial charge on any atom is 0.233 e. The largest absolute Gasteiger partial charge is 0.359 e. The number of carbonyl (C=O) groups is 2. The molecule has 0 unspecified atom stereocenters. The Balaban J connectivity index is 2.12. The average molecular weight is 320 g/mol. The standard InChI is InChI=1S/C17H24N2O2S/c1-17(2,3)13-7-5-12(6-8-13)16-19(15(21)11-22-16)10-9-14(20)18-4/h5-8,16H,9-11H2,1-4H3,(H,18,20)/t16-/m0/s1. The van der Waals surface area contributed by atoms with Crippen LogP contribution in [0.1, 0.15) is 43.7 Å². The first-order chi connectivity index (χ1) is 10.3. The first-order valence-electron chi connectivity index (χ1n) is 7.55. The third-order valence-electron chi connectivity index (χ3n) is 3.89. The molecule has 1 aliphatic heterocycles. The van der Waals surface area contributed by atoms with Gasteiger partial charge in [0.2, 0.25) is 11.8 Å². The van der Waals surface area contributed by atoms with Crippen LogP contribution in [0.2, 0.25) is 0 Å². The van der Waals surface area contributed by atoms with Gasteiger partial charge in [0.25, 0.3) is 0 Å². The van der Waals surface area contributed by atoms with Gasteiger partial charge in [0.1, 0.15) is 5.37 Å². The quantitative estimate of drug-likeness (QED) is 0.928. The van der Waals surface area contributed by atoms with Crippen molar-refractivity contribution in [1.82, 2.24) is 10.2 Å². The molecule has 0 aromatic heterocycles. The Labute approximate surface area is 136 Å². The summed E-state index contributed by atoms with van der Waals surface area (Å²) in [5.74, 6) is 0.560. The summed E-state index contributed by atoms with van der Waals surface area (Å²) in [5.41, 5.74) is 2.53. The monoisotopic (exact) mass is 320 g/mol. The van der Waals surface area contributed by atoms with E-state index in [2.05, 4.69) is 50.4 Å². The molecular formula is C17H24N2O2S. The lowest BCUT2D eigenvalue weighted by Crippen LogP contribution is -2.32.